The Hall–Kier alpha value is -2.76. The molecule has 144 valence electrons. The lowest BCUT2D eigenvalue weighted by molar-refractivity contribution is 0.0599. The molecule has 27 heavy (non-hydrogen) atoms. The van der Waals surface area contributed by atoms with Crippen molar-refractivity contribution in [3.63, 3.8) is 0 Å². The van der Waals surface area contributed by atoms with Crippen LogP contribution in [0.25, 0.3) is 0 Å². The highest BCUT2D eigenvalue weighted by Gasteiger charge is 2.33. The first-order valence-corrected chi connectivity index (χ1v) is 9.29. The zero-order valence-corrected chi connectivity index (χ0v) is 16.3. The van der Waals surface area contributed by atoms with Gasteiger partial charge in [0.05, 0.1) is 25.3 Å². The normalized spacial score (nSPS) is 16.4. The molecule has 1 fully saturated rings. The van der Waals surface area contributed by atoms with Crippen LogP contribution in [0.3, 0.4) is 0 Å². The third-order valence-corrected chi connectivity index (χ3v) is 5.13. The Labute approximate surface area is 159 Å². The summed E-state index contributed by atoms with van der Waals surface area (Å²) in [5, 5.41) is 0. The minimum Gasteiger partial charge on any atom is -0.494 e. The van der Waals surface area contributed by atoms with Crippen molar-refractivity contribution in [2.24, 2.45) is 0 Å². The van der Waals surface area contributed by atoms with Crippen LogP contribution in [0, 0.1) is 13.8 Å². The lowest BCUT2D eigenvalue weighted by Crippen LogP contribution is -2.31. The van der Waals surface area contributed by atoms with Gasteiger partial charge in [-0.1, -0.05) is 12.1 Å². The van der Waals surface area contributed by atoms with Crippen LogP contribution in [0.4, 0.5) is 0 Å². The van der Waals surface area contributed by atoms with Crippen molar-refractivity contribution >= 4 is 11.9 Å². The third-order valence-electron chi connectivity index (χ3n) is 5.13. The van der Waals surface area contributed by atoms with Crippen LogP contribution in [0.1, 0.15) is 63.5 Å². The van der Waals surface area contributed by atoms with Crippen LogP contribution in [-0.2, 0) is 4.74 Å². The molecule has 1 saturated heterocycles. The molecule has 1 unspecified atom stereocenters. The number of hydrogen-bond acceptors (Lipinski definition) is 4. The highest BCUT2D eigenvalue weighted by atomic mass is 16.5. The van der Waals surface area contributed by atoms with E-state index in [0.717, 1.165) is 24.2 Å². The fourth-order valence-electron chi connectivity index (χ4n) is 3.82. The number of amides is 1. The largest absolute Gasteiger partial charge is 0.494 e. The summed E-state index contributed by atoms with van der Waals surface area (Å²) < 4.78 is 10.3. The number of ether oxygens (including phenoxy) is 2. The first kappa shape index (κ1) is 19.0. The average molecular weight is 370 g/mol. The summed E-state index contributed by atoms with van der Waals surface area (Å²) in [6.45, 7) is 6.84. The number of benzene rings is 1. The second kappa shape index (κ2) is 7.86. The van der Waals surface area contributed by atoms with Crippen LogP contribution in [0.5, 0.6) is 5.75 Å². The number of H-pyrrole nitrogens is 1. The van der Waals surface area contributed by atoms with E-state index in [4.69, 9.17) is 9.47 Å². The van der Waals surface area contributed by atoms with Gasteiger partial charge in [-0.15, -0.1) is 0 Å². The molecule has 6 heteroatoms. The molecular weight excluding hydrogens is 344 g/mol. The van der Waals surface area contributed by atoms with Crippen molar-refractivity contribution in [1.82, 2.24) is 9.88 Å². The fourth-order valence-corrected chi connectivity index (χ4v) is 3.82. The van der Waals surface area contributed by atoms with Crippen LogP contribution in [0.2, 0.25) is 0 Å². The molecule has 1 amide bonds. The zero-order chi connectivity index (χ0) is 19.6. The van der Waals surface area contributed by atoms with Gasteiger partial charge in [-0.25, -0.2) is 4.79 Å². The number of carbonyl (C=O) groups excluding carboxylic acids is 2. The van der Waals surface area contributed by atoms with Crippen molar-refractivity contribution in [3.05, 3.63) is 52.3 Å². The summed E-state index contributed by atoms with van der Waals surface area (Å²) >= 11 is 0. The molecule has 0 aliphatic carbocycles. The van der Waals surface area contributed by atoms with Gasteiger partial charge in [-0.2, -0.15) is 0 Å². The SMILES string of the molecule is CCOc1ccc(C2CCCN2C(=O)c2[nH]c(C)c(C(=O)OC)c2C)cc1. The zero-order valence-electron chi connectivity index (χ0n) is 16.3. The molecule has 1 aromatic carbocycles. The Kier molecular flexibility index (Phi) is 5.54. The maximum absolute atomic E-state index is 13.2. The van der Waals surface area contributed by atoms with Crippen LogP contribution in [-0.4, -0.2) is 42.0 Å². The number of nitrogens with one attached hydrogen (secondary N) is 1. The highest BCUT2D eigenvalue weighted by molar-refractivity contribution is 6.00. The molecule has 1 atom stereocenters. The smallest absolute Gasteiger partial charge is 0.339 e. The Bertz CT molecular complexity index is 839. The Morgan fingerprint density at radius 1 is 1.22 bits per heavy atom. The van der Waals surface area contributed by atoms with Crippen molar-refractivity contribution in [3.8, 4) is 5.75 Å². The van der Waals surface area contributed by atoms with E-state index < -0.39 is 5.97 Å². The summed E-state index contributed by atoms with van der Waals surface area (Å²) in [5.41, 5.74) is 3.29. The first-order chi connectivity index (χ1) is 13.0. The minimum absolute atomic E-state index is 0.0257. The molecule has 1 N–H and O–H groups in total. The highest BCUT2D eigenvalue weighted by Crippen LogP contribution is 2.34. The summed E-state index contributed by atoms with van der Waals surface area (Å²) in [4.78, 5) is 30.2. The number of carbonyl (C=O) groups is 2. The molecule has 0 radical (unpaired) electrons. The lowest BCUT2D eigenvalue weighted by Gasteiger charge is -2.25. The second-order valence-corrected chi connectivity index (χ2v) is 6.78. The van der Waals surface area contributed by atoms with E-state index in [-0.39, 0.29) is 11.9 Å². The quantitative estimate of drug-likeness (QED) is 0.813. The number of aromatic nitrogens is 1. The van der Waals surface area contributed by atoms with Gasteiger partial charge in [-0.05, 0) is 56.9 Å². The number of rotatable bonds is 5. The van der Waals surface area contributed by atoms with Gasteiger partial charge < -0.3 is 19.4 Å². The Morgan fingerprint density at radius 3 is 2.56 bits per heavy atom. The van der Waals surface area contributed by atoms with E-state index in [0.29, 0.717) is 35.7 Å². The first-order valence-electron chi connectivity index (χ1n) is 9.29. The van der Waals surface area contributed by atoms with Gasteiger partial charge in [0.15, 0.2) is 0 Å². The topological polar surface area (TPSA) is 71.6 Å². The predicted octanol–water partition coefficient (Wildman–Crippen LogP) is 3.79. The van der Waals surface area contributed by atoms with Crippen LogP contribution in [0.15, 0.2) is 24.3 Å². The standard InChI is InChI=1S/C21H26N2O4/c1-5-27-16-10-8-15(9-11-16)17-7-6-12-23(17)20(24)19-13(2)18(14(3)22-19)21(25)26-4/h8-11,17,22H,5-7,12H2,1-4H3. The lowest BCUT2D eigenvalue weighted by atomic mass is 10.0. The van der Waals surface area contributed by atoms with Gasteiger partial charge in [0, 0.05) is 12.2 Å². The molecule has 6 nitrogen and oxygen atoms in total. The number of hydrogen-bond donors (Lipinski definition) is 1. The van der Waals surface area contributed by atoms with Crippen molar-refractivity contribution in [2.75, 3.05) is 20.3 Å². The van der Waals surface area contributed by atoms with E-state index in [9.17, 15) is 9.59 Å². The second-order valence-electron chi connectivity index (χ2n) is 6.78. The number of nitrogens with zero attached hydrogens (tertiary/aromatic N) is 1. The summed E-state index contributed by atoms with van der Waals surface area (Å²) in [6, 6.07) is 7.96. The Balaban J connectivity index is 1.87. The molecule has 0 spiro atoms. The molecule has 1 aliphatic rings. The summed E-state index contributed by atoms with van der Waals surface area (Å²) in [6.07, 6.45) is 1.87. The van der Waals surface area contributed by atoms with Crippen molar-refractivity contribution in [1.29, 1.82) is 0 Å². The molecule has 0 saturated carbocycles. The van der Waals surface area contributed by atoms with Crippen LogP contribution < -0.4 is 4.74 Å². The summed E-state index contributed by atoms with van der Waals surface area (Å²) in [7, 11) is 1.35. The molecular formula is C21H26N2O4. The van der Waals surface area contributed by atoms with E-state index >= 15 is 0 Å². The van der Waals surface area contributed by atoms with Crippen LogP contribution >= 0.6 is 0 Å². The average Bonchev–Trinajstić information content (AvgIpc) is 3.26. The third kappa shape index (κ3) is 3.56. The maximum atomic E-state index is 13.2. The number of aryl methyl sites for hydroxylation is 1. The van der Waals surface area contributed by atoms with E-state index in [1.807, 2.05) is 36.1 Å². The predicted molar refractivity (Wildman–Crippen MR) is 102 cm³/mol. The molecule has 3 rings (SSSR count). The Morgan fingerprint density at radius 2 is 1.93 bits per heavy atom. The number of aromatic amines is 1. The number of esters is 1. The fraction of sp³-hybridized carbons (Fsp3) is 0.429. The minimum atomic E-state index is -0.426. The van der Waals surface area contributed by atoms with E-state index in [1.165, 1.54) is 7.11 Å². The maximum Gasteiger partial charge on any atom is 0.339 e. The molecule has 1 aromatic heterocycles. The number of methoxy groups -OCH3 is 1. The van der Waals surface area contributed by atoms with E-state index in [1.54, 1.807) is 13.8 Å². The van der Waals surface area contributed by atoms with Gasteiger partial charge in [0.1, 0.15) is 11.4 Å². The van der Waals surface area contributed by atoms with E-state index in [2.05, 4.69) is 4.98 Å². The molecule has 2 aromatic rings. The summed E-state index contributed by atoms with van der Waals surface area (Å²) in [5.74, 6) is 0.322. The molecule has 2 heterocycles. The van der Waals surface area contributed by atoms with Gasteiger partial charge in [-0.3, -0.25) is 4.79 Å². The molecule has 0 bridgehead atoms. The van der Waals surface area contributed by atoms with Crippen molar-refractivity contribution in [2.45, 2.75) is 39.7 Å². The van der Waals surface area contributed by atoms with Crippen molar-refractivity contribution < 1.29 is 19.1 Å². The van der Waals surface area contributed by atoms with Gasteiger partial charge in [0.25, 0.3) is 5.91 Å². The van der Waals surface area contributed by atoms with Gasteiger partial charge >= 0.3 is 5.97 Å². The number of likely N-dealkylation sites (tertiary alicyclic amines) is 1. The molecule has 1 aliphatic heterocycles. The monoisotopic (exact) mass is 370 g/mol. The van der Waals surface area contributed by atoms with Gasteiger partial charge in [0.2, 0.25) is 0 Å².